The van der Waals surface area contributed by atoms with Gasteiger partial charge in [-0.2, -0.15) is 9.97 Å². The molecule has 5 heterocycles. The van der Waals surface area contributed by atoms with E-state index < -0.39 is 0 Å². The molecule has 0 bridgehead atoms. The van der Waals surface area contributed by atoms with Gasteiger partial charge in [-0.05, 0) is 54.6 Å². The van der Waals surface area contributed by atoms with Crippen LogP contribution in [0.15, 0.2) is 194 Å². The van der Waals surface area contributed by atoms with Crippen molar-refractivity contribution < 1.29 is 0 Å². The molecule has 0 spiro atoms. The number of hydrogen-bond acceptors (Lipinski definition) is 2. The van der Waals surface area contributed by atoms with E-state index in [4.69, 9.17) is 9.97 Å². The molecule has 0 saturated carbocycles. The van der Waals surface area contributed by atoms with Gasteiger partial charge in [0.05, 0.1) is 44.1 Å². The lowest BCUT2D eigenvalue weighted by molar-refractivity contribution is 0.918. The zero-order valence-corrected chi connectivity index (χ0v) is 31.2. The molecule has 6 nitrogen and oxygen atoms in total. The van der Waals surface area contributed by atoms with Gasteiger partial charge >= 0.3 is 0 Å². The second-order valence-corrected chi connectivity index (χ2v) is 15.0. The fourth-order valence-corrected chi connectivity index (χ4v) is 9.65. The molecule has 8 aromatic carbocycles. The number of hydrogen-bond donors (Lipinski definition) is 0. The summed E-state index contributed by atoms with van der Waals surface area (Å²) >= 11 is 0. The molecule has 0 N–H and O–H groups in total. The first-order valence-corrected chi connectivity index (χ1v) is 19.7. The van der Waals surface area contributed by atoms with Gasteiger partial charge < -0.3 is 4.57 Å². The normalized spacial score (nSPS) is 12.1. The Bertz CT molecular complexity index is 3570. The maximum absolute atomic E-state index is 5.59. The van der Waals surface area contributed by atoms with E-state index in [1.165, 1.54) is 43.4 Å². The van der Waals surface area contributed by atoms with Gasteiger partial charge in [0.2, 0.25) is 5.95 Å². The number of fused-ring (bicyclic) bond motifs is 13. The molecule has 0 atom stereocenters. The van der Waals surface area contributed by atoms with Gasteiger partial charge in [-0.25, -0.2) is 0 Å². The summed E-state index contributed by atoms with van der Waals surface area (Å²) in [5.41, 5.74) is 9.93. The van der Waals surface area contributed by atoms with Crippen molar-refractivity contribution in [2.24, 2.45) is 0 Å². The maximum atomic E-state index is 5.59. The van der Waals surface area contributed by atoms with Crippen LogP contribution in [0.1, 0.15) is 0 Å². The number of aromatic nitrogens is 6. The molecule has 58 heavy (non-hydrogen) atoms. The Morgan fingerprint density at radius 1 is 0.276 bits per heavy atom. The van der Waals surface area contributed by atoms with Crippen LogP contribution in [-0.2, 0) is 0 Å². The van der Waals surface area contributed by atoms with Crippen LogP contribution in [-0.4, -0.2) is 28.2 Å². The summed E-state index contributed by atoms with van der Waals surface area (Å²) in [6.07, 6.45) is 0. The minimum atomic E-state index is 0.601. The fourth-order valence-electron chi connectivity index (χ4n) is 9.65. The molecular formula is C52H32N6. The number of rotatable bonds is 4. The lowest BCUT2D eigenvalue weighted by atomic mass is 10.1. The van der Waals surface area contributed by atoms with Crippen LogP contribution in [0, 0.1) is 0 Å². The van der Waals surface area contributed by atoms with E-state index in [-0.39, 0.29) is 0 Å². The fraction of sp³-hybridized carbons (Fsp3) is 0. The average Bonchev–Trinajstić information content (AvgIpc) is 4.01. The molecular weight excluding hydrogens is 709 g/mol. The summed E-state index contributed by atoms with van der Waals surface area (Å²) in [7, 11) is 0. The van der Waals surface area contributed by atoms with Gasteiger partial charge in [0.15, 0.2) is 0 Å². The molecule has 0 unspecified atom stereocenters. The summed E-state index contributed by atoms with van der Waals surface area (Å²) in [5, 5.41) is 9.48. The van der Waals surface area contributed by atoms with Crippen molar-refractivity contribution >= 4 is 87.2 Å². The largest absolute Gasteiger partial charge is 0.309 e. The molecule has 6 heteroatoms. The van der Waals surface area contributed by atoms with E-state index in [0.717, 1.165) is 61.2 Å². The van der Waals surface area contributed by atoms with E-state index in [1.54, 1.807) is 0 Å². The smallest absolute Gasteiger partial charge is 0.238 e. The van der Waals surface area contributed by atoms with Crippen molar-refractivity contribution in [3.8, 4) is 23.3 Å². The highest BCUT2D eigenvalue weighted by Gasteiger charge is 2.24. The lowest BCUT2D eigenvalue weighted by Gasteiger charge is -2.15. The molecule has 0 aliphatic rings. The molecule has 5 aromatic heterocycles. The summed E-state index contributed by atoms with van der Waals surface area (Å²) in [6, 6.07) is 69.3. The van der Waals surface area contributed by atoms with E-state index in [9.17, 15) is 0 Å². The van der Waals surface area contributed by atoms with Crippen molar-refractivity contribution in [2.45, 2.75) is 0 Å². The minimum Gasteiger partial charge on any atom is -0.309 e. The highest BCUT2D eigenvalue weighted by Crippen LogP contribution is 2.42. The third-order valence-electron chi connectivity index (χ3n) is 12.0. The second kappa shape index (κ2) is 11.8. The molecule has 0 saturated heterocycles. The first-order valence-electron chi connectivity index (χ1n) is 19.7. The molecule has 0 fully saturated rings. The third-order valence-corrected chi connectivity index (χ3v) is 12.0. The zero-order chi connectivity index (χ0) is 37.9. The first kappa shape index (κ1) is 31.3. The molecule has 270 valence electrons. The van der Waals surface area contributed by atoms with Crippen molar-refractivity contribution in [3.63, 3.8) is 0 Å². The Balaban J connectivity index is 1.20. The molecule has 13 rings (SSSR count). The maximum Gasteiger partial charge on any atom is 0.238 e. The Morgan fingerprint density at radius 3 is 1.14 bits per heavy atom. The summed E-state index contributed by atoms with van der Waals surface area (Å²) in [4.78, 5) is 11.2. The van der Waals surface area contributed by atoms with Crippen molar-refractivity contribution in [2.75, 3.05) is 0 Å². The van der Waals surface area contributed by atoms with Gasteiger partial charge in [-0.1, -0.05) is 133 Å². The minimum absolute atomic E-state index is 0.601. The molecule has 0 aliphatic carbocycles. The first-order chi connectivity index (χ1) is 28.8. The van der Waals surface area contributed by atoms with Crippen molar-refractivity contribution in [1.82, 2.24) is 28.2 Å². The third kappa shape index (κ3) is 4.20. The van der Waals surface area contributed by atoms with Gasteiger partial charge in [0.1, 0.15) is 11.6 Å². The van der Waals surface area contributed by atoms with E-state index >= 15 is 0 Å². The number of benzene rings is 8. The van der Waals surface area contributed by atoms with E-state index in [2.05, 4.69) is 212 Å². The van der Waals surface area contributed by atoms with Gasteiger partial charge in [0.25, 0.3) is 0 Å². The number of para-hydroxylation sites is 7. The van der Waals surface area contributed by atoms with E-state index in [1.807, 2.05) is 0 Å². The zero-order valence-electron chi connectivity index (χ0n) is 31.2. The van der Waals surface area contributed by atoms with Crippen LogP contribution >= 0.6 is 0 Å². The molecule has 13 aromatic rings. The highest BCUT2D eigenvalue weighted by atomic mass is 15.2. The molecule has 0 amide bonds. The molecule has 0 radical (unpaired) electrons. The number of nitrogens with zero attached hydrogens (tertiary/aromatic N) is 6. The Kier molecular flexibility index (Phi) is 6.35. The Hall–Kier alpha value is -7.96. The molecule has 0 aliphatic heterocycles. The monoisotopic (exact) mass is 740 g/mol. The predicted molar refractivity (Wildman–Crippen MR) is 239 cm³/mol. The topological polar surface area (TPSA) is 45.5 Å². The Morgan fingerprint density at radius 2 is 0.655 bits per heavy atom. The quantitative estimate of drug-likeness (QED) is 0.180. The lowest BCUT2D eigenvalue weighted by Crippen LogP contribution is -2.10. The van der Waals surface area contributed by atoms with Crippen LogP contribution in [0.4, 0.5) is 0 Å². The van der Waals surface area contributed by atoms with Crippen LogP contribution < -0.4 is 0 Å². The van der Waals surface area contributed by atoms with Gasteiger partial charge in [0, 0.05) is 54.8 Å². The standard InChI is InChI=1S/C52H32N6/c1-2-16-33(17-3-1)55-41-24-10-8-22-38(41)39-30-31-47-50(51(39)55)40-23-9-15-29-46(40)58(47)52-53-48(56-42-25-11-4-18-34(42)35-19-5-12-26-43(35)56)32-49(54-52)57-44-27-13-6-20-36(44)37-21-7-14-28-45(37)57/h1-32H. The van der Waals surface area contributed by atoms with Crippen molar-refractivity contribution in [3.05, 3.63) is 194 Å². The van der Waals surface area contributed by atoms with Crippen molar-refractivity contribution in [1.29, 1.82) is 0 Å². The Labute approximate surface area is 331 Å². The van der Waals surface area contributed by atoms with Gasteiger partial charge in [-0.15, -0.1) is 0 Å². The van der Waals surface area contributed by atoms with E-state index in [0.29, 0.717) is 5.95 Å². The summed E-state index contributed by atoms with van der Waals surface area (Å²) < 4.78 is 9.29. The highest BCUT2D eigenvalue weighted by molar-refractivity contribution is 6.26. The SMILES string of the molecule is c1ccc(-n2c3ccccc3c3ccc4c(c5ccccc5n4-c4nc(-n5c6ccccc6c6ccccc65)cc(-n5c6ccccc6c6ccccc65)n4)c32)cc1. The van der Waals surface area contributed by atoms with Crippen LogP contribution in [0.25, 0.3) is 110 Å². The van der Waals surface area contributed by atoms with Gasteiger partial charge in [-0.3, -0.25) is 13.7 Å². The average molecular weight is 741 g/mol. The summed E-state index contributed by atoms with van der Waals surface area (Å²) in [5.74, 6) is 2.19. The second-order valence-electron chi connectivity index (χ2n) is 15.0. The van der Waals surface area contributed by atoms with Crippen LogP contribution in [0.3, 0.4) is 0 Å². The van der Waals surface area contributed by atoms with Crippen LogP contribution in [0.2, 0.25) is 0 Å². The van der Waals surface area contributed by atoms with Crippen LogP contribution in [0.5, 0.6) is 0 Å². The predicted octanol–water partition coefficient (Wildman–Crippen LogP) is 12.9. The summed E-state index contributed by atoms with van der Waals surface area (Å²) in [6.45, 7) is 0.